The number of aromatic nitrogens is 1. The molecule has 0 spiro atoms. The summed E-state index contributed by atoms with van der Waals surface area (Å²) in [5, 5.41) is 11.5. The van der Waals surface area contributed by atoms with Crippen LogP contribution < -0.4 is 5.32 Å². The van der Waals surface area contributed by atoms with Crippen molar-refractivity contribution in [3.05, 3.63) is 53.9 Å². The Bertz CT molecular complexity index is 654. The molecule has 0 atom stereocenters. The van der Waals surface area contributed by atoms with E-state index in [2.05, 4.69) is 26.1 Å². The van der Waals surface area contributed by atoms with Gasteiger partial charge in [-0.3, -0.25) is 4.79 Å². The van der Waals surface area contributed by atoms with Crippen LogP contribution in [0.2, 0.25) is 0 Å². The maximum atomic E-state index is 12.1. The summed E-state index contributed by atoms with van der Waals surface area (Å²) in [5.74, 6) is -0.155. The Morgan fingerprint density at radius 1 is 1.20 bits per heavy atom. The van der Waals surface area contributed by atoms with E-state index >= 15 is 0 Å². The van der Waals surface area contributed by atoms with E-state index in [1.165, 1.54) is 0 Å². The van der Waals surface area contributed by atoms with E-state index in [1.54, 1.807) is 30.3 Å². The van der Waals surface area contributed by atoms with Gasteiger partial charge in [-0.05, 0) is 51.1 Å². The van der Waals surface area contributed by atoms with Crippen molar-refractivity contribution < 1.29 is 4.79 Å². The van der Waals surface area contributed by atoms with Crippen LogP contribution in [0.25, 0.3) is 0 Å². The summed E-state index contributed by atoms with van der Waals surface area (Å²) < 4.78 is 2.00. The van der Waals surface area contributed by atoms with Gasteiger partial charge in [0.05, 0.1) is 17.2 Å². The van der Waals surface area contributed by atoms with E-state index in [0.29, 0.717) is 16.8 Å². The number of hydrogen-bond acceptors (Lipinski definition) is 2. The van der Waals surface area contributed by atoms with Gasteiger partial charge in [-0.25, -0.2) is 0 Å². The van der Waals surface area contributed by atoms with Gasteiger partial charge in [0.15, 0.2) is 0 Å². The summed E-state index contributed by atoms with van der Waals surface area (Å²) in [7, 11) is 0. The average molecular weight is 267 g/mol. The first-order valence-electron chi connectivity index (χ1n) is 6.40. The summed E-state index contributed by atoms with van der Waals surface area (Å²) in [5.41, 5.74) is 1.82. The Morgan fingerprint density at radius 3 is 2.35 bits per heavy atom. The second-order valence-electron chi connectivity index (χ2n) is 5.62. The Labute approximate surface area is 118 Å². The third kappa shape index (κ3) is 3.07. The smallest absolute Gasteiger partial charge is 0.257 e. The highest BCUT2D eigenvalue weighted by atomic mass is 16.1. The van der Waals surface area contributed by atoms with E-state index in [0.717, 1.165) is 0 Å². The molecule has 4 heteroatoms. The fourth-order valence-corrected chi connectivity index (χ4v) is 1.78. The van der Waals surface area contributed by atoms with Crippen molar-refractivity contribution in [2.75, 3.05) is 5.32 Å². The van der Waals surface area contributed by atoms with Crippen LogP contribution in [0.1, 0.15) is 36.7 Å². The fraction of sp³-hybridized carbons (Fsp3) is 0.250. The number of anilines is 1. The maximum absolute atomic E-state index is 12.1. The van der Waals surface area contributed by atoms with Crippen molar-refractivity contribution in [2.45, 2.75) is 26.3 Å². The highest BCUT2D eigenvalue weighted by Crippen LogP contribution is 2.17. The van der Waals surface area contributed by atoms with Gasteiger partial charge in [-0.1, -0.05) is 0 Å². The minimum absolute atomic E-state index is 0.0486. The van der Waals surface area contributed by atoms with Crippen LogP contribution in [0.3, 0.4) is 0 Å². The molecule has 2 rings (SSSR count). The fourth-order valence-electron chi connectivity index (χ4n) is 1.78. The van der Waals surface area contributed by atoms with Gasteiger partial charge in [0.25, 0.3) is 5.91 Å². The molecular weight excluding hydrogens is 250 g/mol. The van der Waals surface area contributed by atoms with E-state index in [-0.39, 0.29) is 11.4 Å². The monoisotopic (exact) mass is 267 g/mol. The van der Waals surface area contributed by atoms with Crippen LogP contribution in [-0.4, -0.2) is 10.5 Å². The number of nitrogens with one attached hydrogen (secondary N) is 1. The number of amides is 1. The van der Waals surface area contributed by atoms with Crippen molar-refractivity contribution in [1.29, 1.82) is 5.26 Å². The number of carbonyl (C=O) groups excluding carboxylic acids is 1. The molecule has 0 unspecified atom stereocenters. The Balaban J connectivity index is 2.12. The van der Waals surface area contributed by atoms with Crippen LogP contribution >= 0.6 is 0 Å². The van der Waals surface area contributed by atoms with Crippen molar-refractivity contribution in [3.8, 4) is 6.07 Å². The largest absolute Gasteiger partial charge is 0.348 e. The van der Waals surface area contributed by atoms with Crippen LogP contribution in [-0.2, 0) is 5.54 Å². The number of carbonyl (C=O) groups is 1. The number of hydrogen-bond donors (Lipinski definition) is 1. The number of nitrogens with zero attached hydrogens (tertiary/aromatic N) is 2. The molecule has 0 bridgehead atoms. The van der Waals surface area contributed by atoms with Gasteiger partial charge >= 0.3 is 0 Å². The summed E-state index contributed by atoms with van der Waals surface area (Å²) >= 11 is 0. The average Bonchev–Trinajstić information content (AvgIpc) is 2.89. The maximum Gasteiger partial charge on any atom is 0.257 e. The quantitative estimate of drug-likeness (QED) is 0.907. The molecule has 0 aliphatic heterocycles. The molecule has 0 saturated heterocycles. The lowest BCUT2D eigenvalue weighted by atomic mass is 10.1. The zero-order valence-corrected chi connectivity index (χ0v) is 11.8. The van der Waals surface area contributed by atoms with Gasteiger partial charge in [0, 0.05) is 23.6 Å². The molecule has 102 valence electrons. The van der Waals surface area contributed by atoms with Gasteiger partial charge in [-0.15, -0.1) is 0 Å². The first kappa shape index (κ1) is 13.9. The highest BCUT2D eigenvalue weighted by Gasteiger charge is 2.15. The summed E-state index contributed by atoms with van der Waals surface area (Å²) in [6.07, 6.45) is 3.73. The second-order valence-corrected chi connectivity index (χ2v) is 5.62. The molecule has 0 saturated carbocycles. The van der Waals surface area contributed by atoms with Gasteiger partial charge < -0.3 is 9.88 Å². The minimum atomic E-state index is -0.155. The Morgan fingerprint density at radius 2 is 1.85 bits per heavy atom. The van der Waals surface area contributed by atoms with Crippen LogP contribution in [0.5, 0.6) is 0 Å². The first-order chi connectivity index (χ1) is 9.40. The molecule has 1 N–H and O–H groups in total. The molecule has 0 aliphatic rings. The lowest BCUT2D eigenvalue weighted by Gasteiger charge is -2.20. The van der Waals surface area contributed by atoms with E-state index in [4.69, 9.17) is 5.26 Å². The number of benzene rings is 1. The number of nitriles is 1. The van der Waals surface area contributed by atoms with Crippen molar-refractivity contribution in [1.82, 2.24) is 4.57 Å². The molecule has 1 heterocycles. The molecule has 1 aromatic heterocycles. The van der Waals surface area contributed by atoms with Gasteiger partial charge in [-0.2, -0.15) is 5.26 Å². The predicted molar refractivity (Wildman–Crippen MR) is 78.5 cm³/mol. The summed E-state index contributed by atoms with van der Waals surface area (Å²) in [6.45, 7) is 6.24. The van der Waals surface area contributed by atoms with Crippen LogP contribution in [0.15, 0.2) is 42.7 Å². The van der Waals surface area contributed by atoms with E-state index < -0.39 is 0 Å². The molecule has 0 fully saturated rings. The first-order valence-corrected chi connectivity index (χ1v) is 6.40. The molecule has 0 aliphatic carbocycles. The molecule has 1 amide bonds. The second kappa shape index (κ2) is 5.22. The van der Waals surface area contributed by atoms with Gasteiger partial charge in [0.2, 0.25) is 0 Å². The zero-order valence-electron chi connectivity index (χ0n) is 11.8. The third-order valence-corrected chi connectivity index (χ3v) is 3.00. The SMILES string of the molecule is CC(C)(C)n1ccc(C(=O)Nc2ccc(C#N)cc2)c1. The van der Waals surface area contributed by atoms with Crippen molar-refractivity contribution in [2.24, 2.45) is 0 Å². The summed E-state index contributed by atoms with van der Waals surface area (Å²) in [6, 6.07) is 10.6. The Kier molecular flexibility index (Phi) is 3.62. The lowest BCUT2D eigenvalue weighted by molar-refractivity contribution is 0.102. The molecular formula is C16H17N3O. The highest BCUT2D eigenvalue weighted by molar-refractivity contribution is 6.04. The molecule has 4 nitrogen and oxygen atoms in total. The van der Waals surface area contributed by atoms with Gasteiger partial charge in [0.1, 0.15) is 0 Å². The summed E-state index contributed by atoms with van der Waals surface area (Å²) in [4.78, 5) is 12.1. The molecule has 0 radical (unpaired) electrons. The standard InChI is InChI=1S/C16H17N3O/c1-16(2,3)19-9-8-13(11-19)15(20)18-14-6-4-12(10-17)5-7-14/h4-9,11H,1-3H3,(H,18,20). The molecule has 20 heavy (non-hydrogen) atoms. The van der Waals surface area contributed by atoms with E-state index in [9.17, 15) is 4.79 Å². The van der Waals surface area contributed by atoms with Crippen molar-refractivity contribution in [3.63, 3.8) is 0 Å². The minimum Gasteiger partial charge on any atom is -0.348 e. The topological polar surface area (TPSA) is 57.8 Å². The predicted octanol–water partition coefficient (Wildman–Crippen LogP) is 3.37. The third-order valence-electron chi connectivity index (χ3n) is 3.00. The van der Waals surface area contributed by atoms with Crippen LogP contribution in [0.4, 0.5) is 5.69 Å². The normalized spacial score (nSPS) is 10.9. The lowest BCUT2D eigenvalue weighted by Crippen LogP contribution is -2.20. The zero-order chi connectivity index (χ0) is 14.8. The van der Waals surface area contributed by atoms with Crippen LogP contribution in [0, 0.1) is 11.3 Å². The number of rotatable bonds is 2. The molecule has 1 aromatic carbocycles. The Hall–Kier alpha value is -2.54. The van der Waals surface area contributed by atoms with Crippen molar-refractivity contribution >= 4 is 11.6 Å². The van der Waals surface area contributed by atoms with E-state index in [1.807, 2.05) is 23.0 Å². The molecule has 2 aromatic rings.